The van der Waals surface area contributed by atoms with E-state index >= 15 is 0 Å². The Kier molecular flexibility index (Phi) is 12.4. The summed E-state index contributed by atoms with van der Waals surface area (Å²) in [4.78, 5) is 0. The predicted molar refractivity (Wildman–Crippen MR) is 199 cm³/mol. The molecule has 3 heteroatoms. The Morgan fingerprint density at radius 1 is 0.533 bits per heavy atom. The fourth-order valence-corrected chi connectivity index (χ4v) is 12.6. The molecule has 0 aromatic heterocycles. The molecule has 6 aromatic rings. The van der Waals surface area contributed by atoms with E-state index in [1.165, 1.54) is 54.9 Å². The van der Waals surface area contributed by atoms with Gasteiger partial charge in [-0.05, 0) is 107 Å². The molecule has 0 N–H and O–H groups in total. The molecule has 0 saturated heterocycles. The van der Waals surface area contributed by atoms with Crippen LogP contribution in [0, 0.1) is 41.5 Å². The largest absolute Gasteiger partial charge is 0.748 e. The minimum atomic E-state index is -0.655. The molecule has 1 unspecified atom stereocenters. The van der Waals surface area contributed by atoms with Crippen molar-refractivity contribution in [2.75, 3.05) is 0 Å². The van der Waals surface area contributed by atoms with Gasteiger partial charge in [-0.2, -0.15) is 6.07 Å². The zero-order valence-corrected chi connectivity index (χ0v) is 30.4. The molecule has 0 heterocycles. The monoisotopic (exact) mass is 666 g/mol. The molecule has 0 radical (unpaired) electrons. The van der Waals surface area contributed by atoms with E-state index in [9.17, 15) is 0 Å². The third kappa shape index (κ3) is 8.04. The number of benzene rings is 4. The molecule has 0 fully saturated rings. The van der Waals surface area contributed by atoms with Crippen molar-refractivity contribution in [1.82, 2.24) is 0 Å². The first kappa shape index (κ1) is 34.8. The SMILES string of the molecule is Cc1cc(C)c(P(c2c(C)cc(C)cc2C)C(C)[c-]2cccc2P(c2ccccc2)c2ccccc2)c(C)c1.[Fe].[cH-]1[cH-][cH-][cH-][cH-]1. The molecule has 0 amide bonds. The molecule has 0 aliphatic heterocycles. The van der Waals surface area contributed by atoms with Crippen molar-refractivity contribution < 1.29 is 17.1 Å². The Hall–Kier alpha value is -3.04. The Morgan fingerprint density at radius 3 is 1.29 bits per heavy atom. The van der Waals surface area contributed by atoms with E-state index in [0.717, 1.165) is 0 Å². The molecular formula is C42H44FeP2-6. The smallest absolute Gasteiger partial charge is 0 e. The van der Waals surface area contributed by atoms with Crippen LogP contribution in [0.3, 0.4) is 0 Å². The first-order valence-electron chi connectivity index (χ1n) is 15.5. The van der Waals surface area contributed by atoms with Gasteiger partial charge in [0.05, 0.1) is 0 Å². The summed E-state index contributed by atoms with van der Waals surface area (Å²) in [5, 5.41) is 7.41. The van der Waals surface area contributed by atoms with E-state index < -0.39 is 15.8 Å². The van der Waals surface area contributed by atoms with Crippen LogP contribution in [0.5, 0.6) is 0 Å². The van der Waals surface area contributed by atoms with Crippen LogP contribution in [-0.2, 0) is 17.1 Å². The van der Waals surface area contributed by atoms with Crippen LogP contribution in [0.4, 0.5) is 0 Å². The Morgan fingerprint density at radius 2 is 0.911 bits per heavy atom. The van der Waals surface area contributed by atoms with Gasteiger partial charge in [-0.3, -0.25) is 0 Å². The van der Waals surface area contributed by atoms with E-state index in [2.05, 4.69) is 152 Å². The third-order valence-electron chi connectivity index (χ3n) is 8.24. The zero-order chi connectivity index (χ0) is 31.2. The van der Waals surface area contributed by atoms with E-state index in [4.69, 9.17) is 0 Å². The maximum atomic E-state index is 2.49. The molecule has 0 aliphatic carbocycles. The van der Waals surface area contributed by atoms with Crippen molar-refractivity contribution in [3.8, 4) is 0 Å². The maximum Gasteiger partial charge on any atom is 0 e. The summed E-state index contributed by atoms with van der Waals surface area (Å²) in [7, 11) is -1.29. The van der Waals surface area contributed by atoms with Gasteiger partial charge in [0.2, 0.25) is 0 Å². The third-order valence-corrected chi connectivity index (χ3v) is 14.2. The molecule has 0 spiro atoms. The van der Waals surface area contributed by atoms with Crippen molar-refractivity contribution in [3.05, 3.63) is 172 Å². The summed E-state index contributed by atoms with van der Waals surface area (Å²) in [6.45, 7) is 16.2. The van der Waals surface area contributed by atoms with E-state index in [1.54, 1.807) is 10.6 Å². The van der Waals surface area contributed by atoms with E-state index in [-0.39, 0.29) is 17.1 Å². The summed E-state index contributed by atoms with van der Waals surface area (Å²) < 4.78 is 0. The first-order valence-corrected chi connectivity index (χ1v) is 18.3. The molecule has 236 valence electrons. The molecular weight excluding hydrogens is 622 g/mol. The topological polar surface area (TPSA) is 0 Å². The van der Waals surface area contributed by atoms with Gasteiger partial charge in [-0.15, -0.1) is 10.9 Å². The second-order valence-electron chi connectivity index (χ2n) is 11.9. The van der Waals surface area contributed by atoms with Gasteiger partial charge in [-0.1, -0.05) is 103 Å². The van der Waals surface area contributed by atoms with Gasteiger partial charge < -0.3 is 30.3 Å². The molecule has 1 atom stereocenters. The van der Waals surface area contributed by atoms with Crippen LogP contribution >= 0.6 is 15.8 Å². The van der Waals surface area contributed by atoms with Crippen LogP contribution in [-0.4, -0.2) is 0 Å². The number of aryl methyl sites for hydroxylation is 6. The zero-order valence-electron chi connectivity index (χ0n) is 27.5. The summed E-state index contributed by atoms with van der Waals surface area (Å²) in [6, 6.07) is 48.9. The minimum absolute atomic E-state index is 0. The van der Waals surface area contributed by atoms with Gasteiger partial charge in [0.1, 0.15) is 0 Å². The standard InChI is InChI=1S/C37H39P2.C5H5.Fe/c1-25-21-27(3)36(28(4)22-25)38(37-29(5)23-26(2)24-30(37)6)31(7)34-19-14-20-35(34)39(32-15-10-8-11-16-32)33-17-12-9-13-18-33;1-2-4-5-3-1;/h8-24,31H,1-7H3;1-5H;/q-1;-5;. The number of hydrogen-bond donors (Lipinski definition) is 0. The van der Waals surface area contributed by atoms with Crippen molar-refractivity contribution >= 4 is 42.4 Å². The second kappa shape index (κ2) is 16.0. The molecule has 6 rings (SSSR count). The van der Waals surface area contributed by atoms with Gasteiger partial charge in [0.15, 0.2) is 0 Å². The minimum Gasteiger partial charge on any atom is -0.748 e. The Bertz CT molecular complexity index is 1620. The van der Waals surface area contributed by atoms with Gasteiger partial charge >= 0.3 is 0 Å². The molecule has 45 heavy (non-hydrogen) atoms. The van der Waals surface area contributed by atoms with Gasteiger partial charge in [-0.25, -0.2) is 12.1 Å². The average Bonchev–Trinajstić information content (AvgIpc) is 3.73. The Labute approximate surface area is 284 Å². The van der Waals surface area contributed by atoms with Crippen LogP contribution < -0.4 is 26.5 Å². The molecule has 0 nitrogen and oxygen atoms in total. The van der Waals surface area contributed by atoms with Crippen LogP contribution in [0.25, 0.3) is 0 Å². The molecule has 6 aromatic carbocycles. The van der Waals surface area contributed by atoms with Crippen LogP contribution in [0.15, 0.2) is 133 Å². The second-order valence-corrected chi connectivity index (χ2v) is 16.5. The Balaban J connectivity index is 0.000000700. The fraction of sp³-hybridized carbons (Fsp3) is 0.190. The summed E-state index contributed by atoms with van der Waals surface area (Å²) in [6.07, 6.45) is 0. The summed E-state index contributed by atoms with van der Waals surface area (Å²) in [5.41, 5.74) is 10.3. The normalized spacial score (nSPS) is 11.6. The average molecular weight is 667 g/mol. The molecule has 0 bridgehead atoms. The molecule has 0 aliphatic rings. The maximum absolute atomic E-state index is 2.49. The van der Waals surface area contributed by atoms with E-state index in [1.807, 2.05) is 30.3 Å². The quantitative estimate of drug-likeness (QED) is 0.0905. The van der Waals surface area contributed by atoms with E-state index in [0.29, 0.717) is 5.66 Å². The van der Waals surface area contributed by atoms with Gasteiger partial charge in [0, 0.05) is 17.1 Å². The van der Waals surface area contributed by atoms with Gasteiger partial charge in [0.25, 0.3) is 0 Å². The van der Waals surface area contributed by atoms with Crippen molar-refractivity contribution in [2.24, 2.45) is 0 Å². The first-order chi connectivity index (χ1) is 21.3. The summed E-state index contributed by atoms with van der Waals surface area (Å²) >= 11 is 0. The van der Waals surface area contributed by atoms with Crippen LogP contribution in [0.2, 0.25) is 0 Å². The van der Waals surface area contributed by atoms with Crippen molar-refractivity contribution in [3.63, 3.8) is 0 Å². The number of rotatable bonds is 7. The molecule has 0 saturated carbocycles. The van der Waals surface area contributed by atoms with Crippen molar-refractivity contribution in [2.45, 2.75) is 54.1 Å². The summed E-state index contributed by atoms with van der Waals surface area (Å²) in [5.74, 6) is 0. The fourth-order valence-electron chi connectivity index (χ4n) is 6.63. The van der Waals surface area contributed by atoms with Crippen LogP contribution in [0.1, 0.15) is 51.5 Å². The predicted octanol–water partition coefficient (Wildman–Crippen LogP) is 9.61. The number of hydrogen-bond acceptors (Lipinski definition) is 0. The van der Waals surface area contributed by atoms with Crippen molar-refractivity contribution in [1.29, 1.82) is 0 Å².